The first-order chi connectivity index (χ1) is 15.6. The van der Waals surface area contributed by atoms with Gasteiger partial charge in [-0.1, -0.05) is 30.3 Å². The summed E-state index contributed by atoms with van der Waals surface area (Å²) in [6.45, 7) is 3.85. The highest BCUT2D eigenvalue weighted by Gasteiger charge is 2.32. The van der Waals surface area contributed by atoms with Crippen molar-refractivity contribution in [2.24, 2.45) is 0 Å². The van der Waals surface area contributed by atoms with Crippen LogP contribution in [-0.4, -0.2) is 20.1 Å². The maximum absolute atomic E-state index is 13.3. The van der Waals surface area contributed by atoms with Crippen LogP contribution in [0.15, 0.2) is 60.9 Å². The van der Waals surface area contributed by atoms with Crippen molar-refractivity contribution in [1.82, 2.24) is 15.0 Å². The summed E-state index contributed by atoms with van der Waals surface area (Å²) in [5.41, 5.74) is 9.14. The Labute approximate surface area is 188 Å². The summed E-state index contributed by atoms with van der Waals surface area (Å²) in [7, 11) is 0. The van der Waals surface area contributed by atoms with E-state index in [9.17, 15) is 18.3 Å². The monoisotopic (exact) mass is 453 g/mol. The summed E-state index contributed by atoms with van der Waals surface area (Å²) in [5, 5.41) is 13.2. The largest absolute Gasteiger partial charge is 0.508 e. The summed E-state index contributed by atoms with van der Waals surface area (Å²) in [6, 6.07) is 14.3. The molecule has 9 heteroatoms. The van der Waals surface area contributed by atoms with Gasteiger partial charge in [0.05, 0.1) is 17.2 Å². The van der Waals surface area contributed by atoms with E-state index < -0.39 is 17.5 Å². The molecule has 170 valence electrons. The summed E-state index contributed by atoms with van der Waals surface area (Å²) in [6.07, 6.45) is -3.40. The number of halogens is 3. The van der Waals surface area contributed by atoms with E-state index in [0.29, 0.717) is 6.07 Å². The number of aryl methyl sites for hydroxylation is 1. The van der Waals surface area contributed by atoms with E-state index in [-0.39, 0.29) is 28.8 Å². The Hall–Kier alpha value is -4.01. The van der Waals surface area contributed by atoms with E-state index in [4.69, 9.17) is 5.73 Å². The van der Waals surface area contributed by atoms with Crippen LogP contribution in [0.25, 0.3) is 22.3 Å². The Balaban J connectivity index is 1.76. The van der Waals surface area contributed by atoms with E-state index in [0.717, 1.165) is 28.6 Å². The number of rotatable bonds is 5. The molecule has 0 saturated heterocycles. The summed E-state index contributed by atoms with van der Waals surface area (Å²) in [5.74, 6) is -0.294. The van der Waals surface area contributed by atoms with Crippen LogP contribution in [0.5, 0.6) is 5.75 Å². The fourth-order valence-corrected chi connectivity index (χ4v) is 3.80. The smallest absolute Gasteiger partial charge is 0.416 e. The molecule has 0 aliphatic rings. The zero-order valence-electron chi connectivity index (χ0n) is 17.9. The van der Waals surface area contributed by atoms with Crippen molar-refractivity contribution < 1.29 is 18.3 Å². The lowest BCUT2D eigenvalue weighted by Gasteiger charge is -2.19. The van der Waals surface area contributed by atoms with Crippen LogP contribution >= 0.6 is 0 Å². The first-order valence-corrected chi connectivity index (χ1v) is 10.2. The number of nitrogen functional groups attached to an aromatic ring is 1. The van der Waals surface area contributed by atoms with Gasteiger partial charge >= 0.3 is 6.18 Å². The number of hydrogen-bond acceptors (Lipinski definition) is 5. The molecule has 2 aromatic heterocycles. The molecule has 1 atom stereocenters. The number of H-pyrrole nitrogens is 1. The average molecular weight is 453 g/mol. The Bertz CT molecular complexity index is 1290. The average Bonchev–Trinajstić information content (AvgIpc) is 3.15. The van der Waals surface area contributed by atoms with Gasteiger partial charge in [0.25, 0.3) is 0 Å². The first-order valence-electron chi connectivity index (χ1n) is 10.2. The van der Waals surface area contributed by atoms with Gasteiger partial charge < -0.3 is 21.1 Å². The van der Waals surface area contributed by atoms with Crippen molar-refractivity contribution in [2.75, 3.05) is 11.1 Å². The number of nitrogens with one attached hydrogen (secondary N) is 2. The van der Waals surface area contributed by atoms with Gasteiger partial charge in [0, 0.05) is 17.0 Å². The second-order valence-corrected chi connectivity index (χ2v) is 7.76. The number of aromatic nitrogens is 3. The fourth-order valence-electron chi connectivity index (χ4n) is 3.80. The molecule has 0 spiro atoms. The molecular formula is C24H22F3N5O. The Morgan fingerprint density at radius 3 is 2.45 bits per heavy atom. The Morgan fingerprint density at radius 1 is 1.03 bits per heavy atom. The van der Waals surface area contributed by atoms with E-state index in [1.54, 1.807) is 0 Å². The van der Waals surface area contributed by atoms with Crippen LogP contribution in [0.3, 0.4) is 0 Å². The molecule has 33 heavy (non-hydrogen) atoms. The summed E-state index contributed by atoms with van der Waals surface area (Å²) < 4.78 is 39.9. The molecule has 6 nitrogen and oxygen atoms in total. The van der Waals surface area contributed by atoms with Gasteiger partial charge in [-0.3, -0.25) is 0 Å². The number of alkyl halides is 3. The highest BCUT2D eigenvalue weighted by atomic mass is 19.4. The third-order valence-corrected chi connectivity index (χ3v) is 5.26. The number of hydrogen-bond donors (Lipinski definition) is 4. The van der Waals surface area contributed by atoms with E-state index in [2.05, 4.69) is 20.3 Å². The van der Waals surface area contributed by atoms with Crippen LogP contribution < -0.4 is 11.1 Å². The second kappa shape index (κ2) is 8.50. The number of aromatic amines is 1. The molecule has 0 bridgehead atoms. The number of phenolic OH excluding ortho intramolecular Hbond substituents is 1. The lowest BCUT2D eigenvalue weighted by Crippen LogP contribution is -2.12. The molecule has 0 unspecified atom stereocenters. The number of phenols is 1. The highest BCUT2D eigenvalue weighted by molar-refractivity contribution is 5.84. The van der Waals surface area contributed by atoms with Crippen LogP contribution in [-0.2, 0) is 6.18 Å². The third-order valence-electron chi connectivity index (χ3n) is 5.26. The molecular weight excluding hydrogens is 431 g/mol. The number of benzene rings is 2. The molecule has 4 aromatic rings. The van der Waals surface area contributed by atoms with Gasteiger partial charge in [0.1, 0.15) is 23.7 Å². The van der Waals surface area contributed by atoms with Gasteiger partial charge in [-0.15, -0.1) is 0 Å². The van der Waals surface area contributed by atoms with Crippen LogP contribution in [0.4, 0.5) is 24.8 Å². The van der Waals surface area contributed by atoms with Crippen LogP contribution in [0.1, 0.15) is 29.9 Å². The van der Waals surface area contributed by atoms with E-state index in [1.807, 2.05) is 50.2 Å². The van der Waals surface area contributed by atoms with Gasteiger partial charge in [-0.05, 0) is 49.2 Å². The molecule has 2 aromatic carbocycles. The van der Waals surface area contributed by atoms with Crippen molar-refractivity contribution in [1.29, 1.82) is 0 Å². The zero-order valence-corrected chi connectivity index (χ0v) is 17.9. The van der Waals surface area contributed by atoms with Crippen molar-refractivity contribution >= 4 is 11.6 Å². The Morgan fingerprint density at radius 2 is 1.76 bits per heavy atom. The molecule has 0 radical (unpaired) electrons. The number of nitrogens with zero attached hydrogens (tertiary/aromatic N) is 2. The van der Waals surface area contributed by atoms with Crippen LogP contribution in [0, 0.1) is 6.92 Å². The highest BCUT2D eigenvalue weighted by Crippen LogP contribution is 2.39. The molecule has 0 saturated carbocycles. The van der Waals surface area contributed by atoms with Gasteiger partial charge in [-0.2, -0.15) is 13.2 Å². The predicted molar refractivity (Wildman–Crippen MR) is 122 cm³/mol. The van der Waals surface area contributed by atoms with Crippen LogP contribution in [0.2, 0.25) is 0 Å². The minimum atomic E-state index is -4.63. The van der Waals surface area contributed by atoms with Gasteiger partial charge in [0.2, 0.25) is 0 Å². The molecule has 5 N–H and O–H groups in total. The number of anilines is 2. The van der Waals surface area contributed by atoms with Gasteiger partial charge in [0.15, 0.2) is 0 Å². The zero-order chi connectivity index (χ0) is 23.8. The second-order valence-electron chi connectivity index (χ2n) is 7.76. The molecule has 2 heterocycles. The standard InChI is InChI=1S/C24H22F3N5O/c1-13-8-19(15-6-4-3-5-7-15)21(31-13)14(2)32-23-20(22(28)29-12-30-23)16-9-17(24(25,26)27)11-18(33)10-16/h3-12,14,31,33H,1-2H3,(H3,28,29,30,32)/t14-/m0/s1. The molecule has 4 rings (SSSR count). The van der Waals surface area contributed by atoms with Crippen molar-refractivity contribution in [3.05, 3.63) is 77.9 Å². The van der Waals surface area contributed by atoms with Crippen molar-refractivity contribution in [3.8, 4) is 28.0 Å². The van der Waals surface area contributed by atoms with Crippen molar-refractivity contribution in [2.45, 2.75) is 26.1 Å². The molecule has 0 fully saturated rings. The quantitative estimate of drug-likeness (QED) is 0.300. The lowest BCUT2D eigenvalue weighted by molar-refractivity contribution is -0.137. The normalized spacial score (nSPS) is 12.5. The molecule has 0 aliphatic carbocycles. The van der Waals surface area contributed by atoms with Gasteiger partial charge in [-0.25, -0.2) is 9.97 Å². The number of aromatic hydroxyl groups is 1. The number of nitrogens with two attached hydrogens (primary N) is 1. The lowest BCUT2D eigenvalue weighted by atomic mass is 10.0. The fraction of sp³-hybridized carbons (Fsp3) is 0.167. The Kier molecular flexibility index (Phi) is 5.71. The predicted octanol–water partition coefficient (Wildman–Crippen LogP) is 5.93. The maximum atomic E-state index is 13.3. The summed E-state index contributed by atoms with van der Waals surface area (Å²) >= 11 is 0. The first kappa shape index (κ1) is 22.2. The minimum absolute atomic E-state index is 0.00984. The summed E-state index contributed by atoms with van der Waals surface area (Å²) in [4.78, 5) is 11.5. The third kappa shape index (κ3) is 4.62. The molecule has 0 aliphatic heterocycles. The van der Waals surface area contributed by atoms with E-state index >= 15 is 0 Å². The molecule has 0 amide bonds. The minimum Gasteiger partial charge on any atom is -0.508 e. The van der Waals surface area contributed by atoms with E-state index in [1.165, 1.54) is 12.4 Å². The van der Waals surface area contributed by atoms with Crippen molar-refractivity contribution in [3.63, 3.8) is 0 Å². The SMILES string of the molecule is Cc1cc(-c2ccccc2)c([C@H](C)Nc2ncnc(N)c2-c2cc(O)cc(C(F)(F)F)c2)[nH]1. The topological polar surface area (TPSA) is 99.8 Å². The maximum Gasteiger partial charge on any atom is 0.416 e.